The number of hydrogen-bond acceptors (Lipinski definition) is 5. The van der Waals surface area contributed by atoms with E-state index in [1.165, 1.54) is 12.3 Å². The molecule has 6 N–H and O–H groups in total. The summed E-state index contributed by atoms with van der Waals surface area (Å²) in [4.78, 5) is 0. The molecule has 0 saturated carbocycles. The maximum atomic E-state index is 9.41. The minimum atomic E-state index is -0.0334. The maximum Gasteiger partial charge on any atom is 0.127 e. The number of aromatic hydroxyl groups is 1. The lowest BCUT2D eigenvalue weighted by Crippen LogP contribution is -2.06. The van der Waals surface area contributed by atoms with Gasteiger partial charge in [0.05, 0.1) is 5.70 Å². The summed E-state index contributed by atoms with van der Waals surface area (Å²) in [6.07, 6.45) is 7.74. The Labute approximate surface area is 191 Å². The van der Waals surface area contributed by atoms with Gasteiger partial charge < -0.3 is 26.4 Å². The third-order valence-corrected chi connectivity index (χ3v) is 4.42. The normalized spacial score (nSPS) is 11.6. The number of aliphatic hydroxyl groups excluding tert-OH is 1. The average Bonchev–Trinajstić information content (AvgIpc) is 2.79. The van der Waals surface area contributed by atoms with Gasteiger partial charge in [-0.3, -0.25) is 0 Å². The number of ether oxygens (including phenoxy) is 1. The molecule has 0 aliphatic rings. The minimum Gasteiger partial charge on any atom is -0.509 e. The standard InChI is InChI=1S/C25H28N2O3.C2H6/c1-4-20(14-19-7-9-22(29)10-8-19)25(27)16-30-23-11-12-24(26)21(15-23)13-17(2)5-6-18(3)28;1-2/h4-12,15-16,28-29H,2-3,13-14,26-27H2,1H3;1-2H3/b6-5-,20-4-,25-16+;. The number of aliphatic hydroxyl groups is 1. The molecule has 5 heteroatoms. The number of rotatable bonds is 9. The number of nitrogens with two attached hydrogens (primary N) is 2. The van der Waals surface area contributed by atoms with Crippen molar-refractivity contribution < 1.29 is 14.9 Å². The van der Waals surface area contributed by atoms with E-state index in [1.807, 2.05) is 45.0 Å². The van der Waals surface area contributed by atoms with Gasteiger partial charge >= 0.3 is 0 Å². The summed E-state index contributed by atoms with van der Waals surface area (Å²) in [6, 6.07) is 12.4. The molecular formula is C27H34N2O3. The predicted octanol–water partition coefficient (Wildman–Crippen LogP) is 6.10. The number of anilines is 1. The molecule has 2 aromatic carbocycles. The Hall–Kier alpha value is -3.86. The number of benzene rings is 2. The van der Waals surface area contributed by atoms with Crippen LogP contribution in [-0.4, -0.2) is 10.2 Å². The van der Waals surface area contributed by atoms with Gasteiger partial charge in [0.2, 0.25) is 0 Å². The number of nitrogen functional groups attached to an aromatic ring is 1. The van der Waals surface area contributed by atoms with E-state index in [4.69, 9.17) is 21.3 Å². The fourth-order valence-corrected chi connectivity index (χ4v) is 2.74. The predicted molar refractivity (Wildman–Crippen MR) is 134 cm³/mol. The molecule has 0 spiro atoms. The second kappa shape index (κ2) is 13.4. The molecule has 0 atom stereocenters. The topological polar surface area (TPSA) is 102 Å². The highest BCUT2D eigenvalue weighted by atomic mass is 16.5. The molecule has 2 rings (SSSR count). The van der Waals surface area contributed by atoms with Crippen LogP contribution in [-0.2, 0) is 12.8 Å². The SMILES string of the molecule is C=C(O)/C=C\C(=C)Cc1cc(O/C=C(N)\C(=C/C)Cc2ccc(O)cc2)ccc1N.CC. The third-order valence-electron chi connectivity index (χ3n) is 4.42. The van der Waals surface area contributed by atoms with Crippen molar-refractivity contribution in [3.8, 4) is 11.5 Å². The highest BCUT2D eigenvalue weighted by Gasteiger charge is 2.06. The Balaban J connectivity index is 0.00000249. The van der Waals surface area contributed by atoms with Gasteiger partial charge in [-0.1, -0.05) is 56.9 Å². The number of phenolic OH excluding ortho intramolecular Hbond substituents is 1. The molecule has 0 radical (unpaired) electrons. The molecule has 2 aromatic rings. The lowest BCUT2D eigenvalue weighted by atomic mass is 10.0. The van der Waals surface area contributed by atoms with E-state index in [0.29, 0.717) is 30.0 Å². The van der Waals surface area contributed by atoms with Crippen molar-refractivity contribution in [2.75, 3.05) is 5.73 Å². The second-order valence-corrected chi connectivity index (χ2v) is 6.87. The molecule has 0 unspecified atom stereocenters. The average molecular weight is 435 g/mol. The molecule has 170 valence electrons. The highest BCUT2D eigenvalue weighted by molar-refractivity contribution is 5.52. The summed E-state index contributed by atoms with van der Waals surface area (Å²) in [5.41, 5.74) is 17.0. The van der Waals surface area contributed by atoms with Crippen molar-refractivity contribution in [1.82, 2.24) is 0 Å². The van der Waals surface area contributed by atoms with Gasteiger partial charge in [0.1, 0.15) is 23.5 Å². The van der Waals surface area contributed by atoms with E-state index < -0.39 is 0 Å². The quantitative estimate of drug-likeness (QED) is 0.217. The molecule has 0 saturated heterocycles. The zero-order valence-corrected chi connectivity index (χ0v) is 19.1. The fourth-order valence-electron chi connectivity index (χ4n) is 2.74. The molecule has 32 heavy (non-hydrogen) atoms. The molecule has 0 fully saturated rings. The van der Waals surface area contributed by atoms with Crippen molar-refractivity contribution in [1.29, 1.82) is 0 Å². The Bertz CT molecular complexity index is 1000. The van der Waals surface area contributed by atoms with E-state index in [1.54, 1.807) is 30.3 Å². The lowest BCUT2D eigenvalue weighted by molar-refractivity contribution is 0.435. The van der Waals surface area contributed by atoms with Crippen LogP contribution in [0.15, 0.2) is 103 Å². The van der Waals surface area contributed by atoms with Crippen molar-refractivity contribution >= 4 is 5.69 Å². The Morgan fingerprint density at radius 1 is 1.03 bits per heavy atom. The first-order chi connectivity index (χ1) is 15.3. The summed E-state index contributed by atoms with van der Waals surface area (Å²) in [5.74, 6) is 0.797. The van der Waals surface area contributed by atoms with Crippen molar-refractivity contribution in [3.05, 3.63) is 114 Å². The van der Waals surface area contributed by atoms with Gasteiger partial charge in [-0.2, -0.15) is 0 Å². The number of hydrogen-bond donors (Lipinski definition) is 4. The molecule has 0 heterocycles. The van der Waals surface area contributed by atoms with Crippen LogP contribution in [0, 0.1) is 0 Å². The highest BCUT2D eigenvalue weighted by Crippen LogP contribution is 2.23. The van der Waals surface area contributed by atoms with Gasteiger partial charge in [-0.05, 0) is 72.9 Å². The minimum absolute atomic E-state index is 0.0334. The number of phenols is 1. The van der Waals surface area contributed by atoms with E-state index in [-0.39, 0.29) is 11.5 Å². The summed E-state index contributed by atoms with van der Waals surface area (Å²) in [6.45, 7) is 13.3. The van der Waals surface area contributed by atoms with Gasteiger partial charge in [-0.15, -0.1) is 0 Å². The first kappa shape index (κ1) is 26.2. The second-order valence-electron chi connectivity index (χ2n) is 6.87. The fraction of sp³-hybridized carbons (Fsp3) is 0.185. The van der Waals surface area contributed by atoms with Gasteiger partial charge in [0.25, 0.3) is 0 Å². The van der Waals surface area contributed by atoms with Crippen LogP contribution in [0.3, 0.4) is 0 Å². The summed E-state index contributed by atoms with van der Waals surface area (Å²) in [5, 5.41) is 18.6. The Morgan fingerprint density at radius 2 is 1.69 bits per heavy atom. The van der Waals surface area contributed by atoms with Crippen LogP contribution in [0.25, 0.3) is 0 Å². The zero-order chi connectivity index (χ0) is 24.1. The Kier molecular flexibility index (Phi) is 11.0. The first-order valence-corrected chi connectivity index (χ1v) is 10.5. The van der Waals surface area contributed by atoms with E-state index in [9.17, 15) is 5.11 Å². The van der Waals surface area contributed by atoms with Crippen LogP contribution < -0.4 is 16.2 Å². The van der Waals surface area contributed by atoms with Crippen molar-refractivity contribution in [2.24, 2.45) is 5.73 Å². The molecule has 5 nitrogen and oxygen atoms in total. The van der Waals surface area contributed by atoms with Crippen LogP contribution in [0.1, 0.15) is 31.9 Å². The van der Waals surface area contributed by atoms with Gasteiger partial charge in [0.15, 0.2) is 0 Å². The Morgan fingerprint density at radius 3 is 2.28 bits per heavy atom. The largest absolute Gasteiger partial charge is 0.509 e. The first-order valence-electron chi connectivity index (χ1n) is 10.5. The summed E-state index contributed by atoms with van der Waals surface area (Å²) in [7, 11) is 0. The molecular weight excluding hydrogens is 400 g/mol. The van der Waals surface area contributed by atoms with Crippen molar-refractivity contribution in [3.63, 3.8) is 0 Å². The van der Waals surface area contributed by atoms with Crippen LogP contribution in [0.2, 0.25) is 0 Å². The molecule has 0 bridgehead atoms. The summed E-state index contributed by atoms with van der Waals surface area (Å²) >= 11 is 0. The van der Waals surface area contributed by atoms with E-state index in [2.05, 4.69) is 13.2 Å². The molecule has 0 aromatic heterocycles. The molecule has 0 aliphatic carbocycles. The van der Waals surface area contributed by atoms with Crippen LogP contribution >= 0.6 is 0 Å². The van der Waals surface area contributed by atoms with E-state index >= 15 is 0 Å². The number of allylic oxidation sites excluding steroid dienone is 5. The third kappa shape index (κ3) is 8.88. The molecule has 0 aliphatic heterocycles. The zero-order valence-electron chi connectivity index (χ0n) is 19.1. The molecule has 0 amide bonds. The van der Waals surface area contributed by atoms with Crippen LogP contribution in [0.5, 0.6) is 11.5 Å². The van der Waals surface area contributed by atoms with Crippen LogP contribution in [0.4, 0.5) is 5.69 Å². The van der Waals surface area contributed by atoms with Crippen molar-refractivity contribution in [2.45, 2.75) is 33.6 Å². The van der Waals surface area contributed by atoms with Gasteiger partial charge in [0, 0.05) is 5.69 Å². The monoisotopic (exact) mass is 434 g/mol. The smallest absolute Gasteiger partial charge is 0.127 e. The lowest BCUT2D eigenvalue weighted by Gasteiger charge is -2.11. The maximum absolute atomic E-state index is 9.41. The van der Waals surface area contributed by atoms with E-state index in [0.717, 1.165) is 22.3 Å². The van der Waals surface area contributed by atoms with Gasteiger partial charge in [-0.25, -0.2) is 0 Å². The summed E-state index contributed by atoms with van der Waals surface area (Å²) < 4.78 is 5.76.